The Morgan fingerprint density at radius 2 is 1.80 bits per heavy atom. The molecule has 3 rings (SSSR count). The summed E-state index contributed by atoms with van der Waals surface area (Å²) in [5.74, 6) is 0. The van der Waals surface area contributed by atoms with Crippen molar-refractivity contribution in [3.63, 3.8) is 0 Å². The largest absolute Gasteiger partial charge is 0.339 e. The molecule has 7 heteroatoms. The smallest absolute Gasteiger partial charge is 0.308 e. The van der Waals surface area contributed by atoms with Crippen molar-refractivity contribution in [2.45, 2.75) is 26.4 Å². The lowest BCUT2D eigenvalue weighted by Gasteiger charge is -2.24. The molecule has 0 saturated carbocycles. The fourth-order valence-corrected chi connectivity index (χ4v) is 4.52. The third-order valence-corrected chi connectivity index (χ3v) is 6.43. The predicted molar refractivity (Wildman–Crippen MR) is 97.7 cm³/mol. The monoisotopic (exact) mass is 359 g/mol. The van der Waals surface area contributed by atoms with Crippen LogP contribution >= 0.6 is 7.60 Å². The van der Waals surface area contributed by atoms with E-state index in [-0.39, 0.29) is 0 Å². The highest BCUT2D eigenvalue weighted by molar-refractivity contribution is 7.54. The van der Waals surface area contributed by atoms with Crippen molar-refractivity contribution in [1.29, 1.82) is 0 Å². The molecule has 6 nitrogen and oxygen atoms in total. The first-order chi connectivity index (χ1) is 12.1. The van der Waals surface area contributed by atoms with Crippen LogP contribution < -0.4 is 0 Å². The minimum atomic E-state index is -3.31. The van der Waals surface area contributed by atoms with Gasteiger partial charge in [-0.05, 0) is 26.8 Å². The number of hydrogen-bond donors (Lipinski definition) is 0. The summed E-state index contributed by atoms with van der Waals surface area (Å²) in [4.78, 5) is 4.65. The zero-order valence-corrected chi connectivity index (χ0v) is 15.5. The molecular weight excluding hydrogens is 337 g/mol. The molecule has 2 aromatic heterocycles. The molecule has 0 amide bonds. The number of nitrogens with zero attached hydrogens (tertiary/aromatic N) is 3. The van der Waals surface area contributed by atoms with Gasteiger partial charge in [-0.25, -0.2) is 9.50 Å². The number of fused-ring (bicyclic) bond motifs is 1. The Bertz CT molecular complexity index is 885. The van der Waals surface area contributed by atoms with E-state index in [0.717, 1.165) is 17.0 Å². The molecule has 0 saturated heterocycles. The SMILES string of the molecule is CCOP(=O)(OCC)C(C)c1cc(-c2ccccc2)nc2ccnn12. The van der Waals surface area contributed by atoms with Crippen molar-refractivity contribution in [2.75, 3.05) is 13.2 Å². The molecule has 0 spiro atoms. The lowest BCUT2D eigenvalue weighted by atomic mass is 10.1. The van der Waals surface area contributed by atoms with Crippen molar-refractivity contribution < 1.29 is 13.6 Å². The molecule has 1 atom stereocenters. The molecular formula is C18H22N3O3P. The van der Waals surface area contributed by atoms with Gasteiger partial charge < -0.3 is 9.05 Å². The Morgan fingerprint density at radius 1 is 1.12 bits per heavy atom. The Hall–Kier alpha value is -2.01. The van der Waals surface area contributed by atoms with E-state index in [1.807, 2.05) is 63.2 Å². The van der Waals surface area contributed by atoms with E-state index < -0.39 is 13.3 Å². The summed E-state index contributed by atoms with van der Waals surface area (Å²) >= 11 is 0. The summed E-state index contributed by atoms with van der Waals surface area (Å²) in [5, 5.41) is 4.33. The van der Waals surface area contributed by atoms with Gasteiger partial charge in [0, 0.05) is 11.6 Å². The van der Waals surface area contributed by atoms with Crippen LogP contribution in [0.5, 0.6) is 0 Å². The van der Waals surface area contributed by atoms with Crippen molar-refractivity contribution in [1.82, 2.24) is 14.6 Å². The first-order valence-electron chi connectivity index (χ1n) is 8.38. The van der Waals surface area contributed by atoms with Gasteiger partial charge in [0.05, 0.1) is 30.8 Å². The lowest BCUT2D eigenvalue weighted by Crippen LogP contribution is -2.10. The van der Waals surface area contributed by atoms with Crippen LogP contribution in [0.4, 0.5) is 0 Å². The summed E-state index contributed by atoms with van der Waals surface area (Å²) in [5.41, 5.74) is 2.76. The van der Waals surface area contributed by atoms with Crippen LogP contribution in [0.3, 0.4) is 0 Å². The Labute approximate surface area is 147 Å². The van der Waals surface area contributed by atoms with Gasteiger partial charge in [-0.1, -0.05) is 30.3 Å². The Morgan fingerprint density at radius 3 is 2.44 bits per heavy atom. The zero-order valence-electron chi connectivity index (χ0n) is 14.6. The maximum absolute atomic E-state index is 13.2. The molecule has 132 valence electrons. The molecule has 2 heterocycles. The Kier molecular flexibility index (Phi) is 5.33. The summed E-state index contributed by atoms with van der Waals surface area (Å²) < 4.78 is 26.0. The fourth-order valence-electron chi connectivity index (χ4n) is 2.77. The van der Waals surface area contributed by atoms with E-state index in [2.05, 4.69) is 10.1 Å². The second-order valence-corrected chi connectivity index (χ2v) is 7.96. The molecule has 0 aliphatic heterocycles. The zero-order chi connectivity index (χ0) is 17.9. The highest BCUT2D eigenvalue weighted by Gasteiger charge is 2.35. The molecule has 25 heavy (non-hydrogen) atoms. The maximum Gasteiger partial charge on any atom is 0.339 e. The first kappa shape index (κ1) is 17.8. The Balaban J connectivity index is 2.14. The summed E-state index contributed by atoms with van der Waals surface area (Å²) in [6.45, 7) is 6.10. The summed E-state index contributed by atoms with van der Waals surface area (Å²) in [6, 6.07) is 13.6. The first-order valence-corrected chi connectivity index (χ1v) is 9.99. The molecule has 0 fully saturated rings. The third kappa shape index (κ3) is 3.52. The summed E-state index contributed by atoms with van der Waals surface area (Å²) in [6.07, 6.45) is 1.68. The predicted octanol–water partition coefficient (Wildman–Crippen LogP) is 4.72. The van der Waals surface area contributed by atoms with Gasteiger partial charge in [0.1, 0.15) is 5.66 Å². The van der Waals surface area contributed by atoms with E-state index in [1.165, 1.54) is 0 Å². The summed E-state index contributed by atoms with van der Waals surface area (Å²) in [7, 11) is -3.31. The van der Waals surface area contributed by atoms with Crippen LogP contribution in [0.2, 0.25) is 0 Å². The molecule has 0 bridgehead atoms. The minimum Gasteiger partial charge on any atom is -0.308 e. The van der Waals surface area contributed by atoms with Crippen LogP contribution in [-0.4, -0.2) is 27.8 Å². The second kappa shape index (κ2) is 7.48. The minimum absolute atomic E-state index is 0.320. The quantitative estimate of drug-likeness (QED) is 0.571. The van der Waals surface area contributed by atoms with Gasteiger partial charge >= 0.3 is 7.60 Å². The molecule has 0 aliphatic carbocycles. The number of aromatic nitrogens is 3. The highest BCUT2D eigenvalue weighted by Crippen LogP contribution is 2.60. The van der Waals surface area contributed by atoms with Gasteiger partial charge in [-0.3, -0.25) is 4.57 Å². The van der Waals surface area contributed by atoms with Crippen LogP contribution in [0.25, 0.3) is 16.9 Å². The van der Waals surface area contributed by atoms with Crippen molar-refractivity contribution >= 4 is 13.2 Å². The number of rotatable bonds is 7. The van der Waals surface area contributed by atoms with Crippen LogP contribution in [0, 0.1) is 0 Å². The van der Waals surface area contributed by atoms with Gasteiger partial charge in [-0.15, -0.1) is 0 Å². The lowest BCUT2D eigenvalue weighted by molar-refractivity contribution is 0.213. The van der Waals surface area contributed by atoms with Gasteiger partial charge in [0.15, 0.2) is 5.65 Å². The maximum atomic E-state index is 13.2. The topological polar surface area (TPSA) is 65.7 Å². The number of hydrogen-bond acceptors (Lipinski definition) is 5. The highest BCUT2D eigenvalue weighted by atomic mass is 31.2. The second-order valence-electron chi connectivity index (χ2n) is 5.58. The van der Waals surface area contributed by atoms with E-state index in [1.54, 1.807) is 10.7 Å². The van der Waals surface area contributed by atoms with Crippen molar-refractivity contribution in [2.24, 2.45) is 0 Å². The standard InChI is InChI=1S/C18H22N3O3P/c1-4-23-25(22,24-5-2)14(3)17-13-16(15-9-7-6-8-10-15)20-18-11-12-19-21(17)18/h6-14H,4-5H2,1-3H3. The third-order valence-electron chi connectivity index (χ3n) is 3.98. The van der Waals surface area contributed by atoms with Gasteiger partial charge in [-0.2, -0.15) is 5.10 Å². The van der Waals surface area contributed by atoms with E-state index in [4.69, 9.17) is 9.05 Å². The number of benzene rings is 1. The molecule has 1 unspecified atom stereocenters. The molecule has 0 N–H and O–H groups in total. The fraction of sp³-hybridized carbons (Fsp3) is 0.333. The van der Waals surface area contributed by atoms with Crippen LogP contribution in [0.1, 0.15) is 32.1 Å². The van der Waals surface area contributed by atoms with Gasteiger partial charge in [0.2, 0.25) is 0 Å². The average molecular weight is 359 g/mol. The van der Waals surface area contributed by atoms with Gasteiger partial charge in [0.25, 0.3) is 0 Å². The molecule has 1 aromatic carbocycles. The normalized spacial score (nSPS) is 13.2. The van der Waals surface area contributed by atoms with E-state index in [0.29, 0.717) is 18.9 Å². The van der Waals surface area contributed by atoms with Crippen molar-refractivity contribution in [3.8, 4) is 11.3 Å². The van der Waals surface area contributed by atoms with E-state index in [9.17, 15) is 4.57 Å². The van der Waals surface area contributed by atoms with E-state index >= 15 is 0 Å². The molecule has 3 aromatic rings. The molecule has 0 aliphatic rings. The van der Waals surface area contributed by atoms with Crippen molar-refractivity contribution in [3.05, 3.63) is 54.4 Å². The van der Waals surface area contributed by atoms with Crippen LogP contribution in [0.15, 0.2) is 48.7 Å². The average Bonchev–Trinajstić information content (AvgIpc) is 3.10. The van der Waals surface area contributed by atoms with Crippen LogP contribution in [-0.2, 0) is 13.6 Å². The molecule has 0 radical (unpaired) electrons.